The Labute approximate surface area is 182 Å². The highest BCUT2D eigenvalue weighted by molar-refractivity contribution is 7.89. The molecule has 0 radical (unpaired) electrons. The second kappa shape index (κ2) is 8.43. The first-order chi connectivity index (χ1) is 15.0. The van der Waals surface area contributed by atoms with Crippen molar-refractivity contribution in [3.05, 3.63) is 89.5 Å². The number of hydrazone groups is 1. The zero-order valence-corrected chi connectivity index (χ0v) is 18.5. The molecule has 0 amide bonds. The van der Waals surface area contributed by atoms with Gasteiger partial charge in [0.2, 0.25) is 0 Å². The Balaban J connectivity index is 1.82. The molecule has 31 heavy (non-hydrogen) atoms. The smallest absolute Gasteiger partial charge is 0.279 e. The minimum atomic E-state index is -3.85. The molecule has 3 aromatic carbocycles. The predicted molar refractivity (Wildman–Crippen MR) is 120 cm³/mol. The van der Waals surface area contributed by atoms with Crippen LogP contribution in [0.15, 0.2) is 82.8 Å². The van der Waals surface area contributed by atoms with Gasteiger partial charge in [0.05, 0.1) is 30.9 Å². The highest BCUT2D eigenvalue weighted by Crippen LogP contribution is 2.39. The molecule has 0 fully saturated rings. The van der Waals surface area contributed by atoms with Crippen LogP contribution in [-0.4, -0.2) is 32.8 Å². The molecule has 0 bridgehead atoms. The molecule has 4 rings (SSSR count). The Morgan fingerprint density at radius 3 is 2.26 bits per heavy atom. The van der Waals surface area contributed by atoms with Crippen LogP contribution in [0, 0.1) is 6.92 Å². The van der Waals surface area contributed by atoms with E-state index in [2.05, 4.69) is 5.10 Å². The average Bonchev–Trinajstić information content (AvgIpc) is 3.26. The largest absolute Gasteiger partial charge is 0.493 e. The molecule has 0 saturated heterocycles. The fraction of sp³-hybridized carbons (Fsp3) is 0.208. The second-order valence-electron chi connectivity index (χ2n) is 7.29. The Kier molecular flexibility index (Phi) is 5.69. The van der Waals surface area contributed by atoms with Crippen LogP contribution in [0.4, 0.5) is 0 Å². The highest BCUT2D eigenvalue weighted by atomic mass is 32.2. The van der Waals surface area contributed by atoms with Crippen molar-refractivity contribution in [1.29, 1.82) is 0 Å². The van der Waals surface area contributed by atoms with Crippen LogP contribution in [0.2, 0.25) is 0 Å². The summed E-state index contributed by atoms with van der Waals surface area (Å²) < 4.78 is 39.2. The lowest BCUT2D eigenvalue weighted by molar-refractivity contribution is 0.355. The SMILES string of the molecule is COc1ccc(C2=NN(S(=O)(=O)c3ccccc3C)[C@@H](c3ccccc3)C2)cc1OC. The summed E-state index contributed by atoms with van der Waals surface area (Å²) in [5, 5.41) is 4.60. The number of rotatable bonds is 6. The van der Waals surface area contributed by atoms with E-state index in [0.29, 0.717) is 29.2 Å². The van der Waals surface area contributed by atoms with Crippen LogP contribution in [0.1, 0.15) is 29.2 Å². The van der Waals surface area contributed by atoms with Gasteiger partial charge in [-0.05, 0) is 42.3 Å². The third-order valence-corrected chi connectivity index (χ3v) is 7.23. The number of ether oxygens (including phenoxy) is 2. The van der Waals surface area contributed by atoms with Gasteiger partial charge in [0.25, 0.3) is 10.0 Å². The Morgan fingerprint density at radius 2 is 1.58 bits per heavy atom. The van der Waals surface area contributed by atoms with Crippen molar-refractivity contribution in [1.82, 2.24) is 4.41 Å². The molecule has 1 aliphatic rings. The lowest BCUT2D eigenvalue weighted by Gasteiger charge is -2.24. The van der Waals surface area contributed by atoms with E-state index in [1.807, 2.05) is 48.5 Å². The van der Waals surface area contributed by atoms with Gasteiger partial charge >= 0.3 is 0 Å². The van der Waals surface area contributed by atoms with Gasteiger partial charge in [0.15, 0.2) is 11.5 Å². The minimum absolute atomic E-state index is 0.258. The van der Waals surface area contributed by atoms with Crippen molar-refractivity contribution in [2.45, 2.75) is 24.3 Å². The van der Waals surface area contributed by atoms with Crippen LogP contribution >= 0.6 is 0 Å². The van der Waals surface area contributed by atoms with Crippen LogP contribution < -0.4 is 9.47 Å². The van der Waals surface area contributed by atoms with Crippen LogP contribution in [0.5, 0.6) is 11.5 Å². The van der Waals surface area contributed by atoms with Crippen molar-refractivity contribution < 1.29 is 17.9 Å². The number of aryl methyl sites for hydroxylation is 1. The number of benzene rings is 3. The third kappa shape index (κ3) is 3.88. The van der Waals surface area contributed by atoms with Crippen LogP contribution in [0.25, 0.3) is 0 Å². The maximum Gasteiger partial charge on any atom is 0.279 e. The predicted octanol–water partition coefficient (Wildman–Crippen LogP) is 4.55. The topological polar surface area (TPSA) is 68.2 Å². The molecule has 0 spiro atoms. The minimum Gasteiger partial charge on any atom is -0.493 e. The molecule has 0 N–H and O–H groups in total. The zero-order chi connectivity index (χ0) is 22.0. The number of methoxy groups -OCH3 is 2. The van der Waals surface area contributed by atoms with Crippen LogP contribution in [0.3, 0.4) is 0 Å². The van der Waals surface area contributed by atoms with Gasteiger partial charge in [-0.15, -0.1) is 0 Å². The first-order valence-corrected chi connectivity index (χ1v) is 11.3. The van der Waals surface area contributed by atoms with E-state index in [0.717, 1.165) is 11.1 Å². The third-order valence-electron chi connectivity index (χ3n) is 5.39. The maximum atomic E-state index is 13.6. The zero-order valence-electron chi connectivity index (χ0n) is 17.6. The van der Waals surface area contributed by atoms with E-state index >= 15 is 0 Å². The van der Waals surface area contributed by atoms with E-state index in [1.165, 1.54) is 4.41 Å². The van der Waals surface area contributed by atoms with Crippen LogP contribution in [-0.2, 0) is 10.0 Å². The Hall–Kier alpha value is -3.32. The fourth-order valence-corrected chi connectivity index (χ4v) is 5.43. The van der Waals surface area contributed by atoms with Gasteiger partial charge < -0.3 is 9.47 Å². The number of hydrogen-bond acceptors (Lipinski definition) is 5. The molecule has 7 heteroatoms. The van der Waals surface area contributed by atoms with E-state index in [4.69, 9.17) is 9.47 Å². The first-order valence-electron chi connectivity index (χ1n) is 9.90. The molecule has 1 heterocycles. The van der Waals surface area contributed by atoms with Gasteiger partial charge in [0, 0.05) is 12.0 Å². The number of sulfonamides is 1. The standard InChI is InChI=1S/C24H24N2O4S/c1-17-9-7-8-12-24(17)31(27,28)26-21(18-10-5-4-6-11-18)16-20(25-26)19-13-14-22(29-2)23(15-19)30-3/h4-15,21H,16H2,1-3H3/t21-/m1/s1. The first kappa shape index (κ1) is 20.9. The molecule has 160 valence electrons. The van der Waals surface area contributed by atoms with Crippen molar-refractivity contribution in [2.24, 2.45) is 5.10 Å². The van der Waals surface area contributed by atoms with Gasteiger partial charge in [-0.25, -0.2) is 0 Å². The molecular formula is C24H24N2O4S. The fourth-order valence-electron chi connectivity index (χ4n) is 3.77. The van der Waals surface area contributed by atoms with E-state index in [9.17, 15) is 8.42 Å². The summed E-state index contributed by atoms with van der Waals surface area (Å²) in [6.07, 6.45) is 0.449. The summed E-state index contributed by atoms with van der Waals surface area (Å²) in [6, 6.07) is 21.6. The van der Waals surface area contributed by atoms with E-state index < -0.39 is 16.1 Å². The Bertz CT molecular complexity index is 1220. The summed E-state index contributed by atoms with van der Waals surface area (Å²) in [4.78, 5) is 0.258. The molecule has 0 aromatic heterocycles. The van der Waals surface area contributed by atoms with E-state index in [-0.39, 0.29) is 4.90 Å². The molecule has 1 aliphatic heterocycles. The van der Waals surface area contributed by atoms with Gasteiger partial charge in [0.1, 0.15) is 0 Å². The van der Waals surface area contributed by atoms with Gasteiger partial charge in [-0.2, -0.15) is 17.9 Å². The molecule has 0 unspecified atom stereocenters. The summed E-state index contributed by atoms with van der Waals surface area (Å²) in [6.45, 7) is 1.79. The summed E-state index contributed by atoms with van der Waals surface area (Å²) in [5.74, 6) is 1.17. The lowest BCUT2D eigenvalue weighted by atomic mass is 9.99. The molecule has 0 saturated carbocycles. The van der Waals surface area contributed by atoms with Gasteiger partial charge in [-0.1, -0.05) is 48.5 Å². The van der Waals surface area contributed by atoms with Gasteiger partial charge in [-0.3, -0.25) is 0 Å². The summed E-state index contributed by atoms with van der Waals surface area (Å²) in [7, 11) is -0.701. The van der Waals surface area contributed by atoms with Crippen molar-refractivity contribution in [2.75, 3.05) is 14.2 Å². The van der Waals surface area contributed by atoms with Crippen molar-refractivity contribution in [3.63, 3.8) is 0 Å². The normalized spacial score (nSPS) is 16.2. The number of nitrogens with zero attached hydrogens (tertiary/aromatic N) is 2. The molecule has 3 aromatic rings. The monoisotopic (exact) mass is 436 g/mol. The molecular weight excluding hydrogens is 412 g/mol. The maximum absolute atomic E-state index is 13.6. The lowest BCUT2D eigenvalue weighted by Crippen LogP contribution is -2.27. The van der Waals surface area contributed by atoms with E-state index in [1.54, 1.807) is 45.4 Å². The van der Waals surface area contributed by atoms with Crippen molar-refractivity contribution >= 4 is 15.7 Å². The number of hydrogen-bond donors (Lipinski definition) is 0. The highest BCUT2D eigenvalue weighted by Gasteiger charge is 2.38. The molecule has 0 aliphatic carbocycles. The summed E-state index contributed by atoms with van der Waals surface area (Å²) in [5.41, 5.74) is 3.04. The Morgan fingerprint density at radius 1 is 0.903 bits per heavy atom. The quantitative estimate of drug-likeness (QED) is 0.568. The average molecular weight is 437 g/mol. The molecule has 6 nitrogen and oxygen atoms in total. The second-order valence-corrected chi connectivity index (χ2v) is 9.05. The summed E-state index contributed by atoms with van der Waals surface area (Å²) >= 11 is 0. The van der Waals surface area contributed by atoms with Crippen molar-refractivity contribution in [3.8, 4) is 11.5 Å². The molecule has 1 atom stereocenters.